The predicted octanol–water partition coefficient (Wildman–Crippen LogP) is 2.88. The van der Waals surface area contributed by atoms with Crippen LogP contribution in [0.1, 0.15) is 31.7 Å². The van der Waals surface area contributed by atoms with E-state index < -0.39 is 4.92 Å². The molecule has 1 aromatic rings. The van der Waals surface area contributed by atoms with Crippen LogP contribution in [0.15, 0.2) is 24.3 Å². The van der Waals surface area contributed by atoms with E-state index in [0.29, 0.717) is 25.6 Å². The first kappa shape index (κ1) is 16.6. The molecule has 120 valence electrons. The highest BCUT2D eigenvalue weighted by Crippen LogP contribution is 2.27. The van der Waals surface area contributed by atoms with E-state index in [9.17, 15) is 14.9 Å². The standard InChI is InChI=1S/C16H21NO5/c1-2-15(16-9-13(7-8-18)11-22-16)21-10-12-3-5-14(6-4-12)17(19)20/h3-6,8,13,15-16H,2,7,9-11H2,1H3/t13-,15-,16+/m0/s1. The summed E-state index contributed by atoms with van der Waals surface area (Å²) in [6, 6.07) is 6.36. The number of hydrogen-bond acceptors (Lipinski definition) is 5. The molecule has 22 heavy (non-hydrogen) atoms. The van der Waals surface area contributed by atoms with Crippen molar-refractivity contribution in [1.82, 2.24) is 0 Å². The van der Waals surface area contributed by atoms with E-state index in [1.54, 1.807) is 12.1 Å². The second-order valence-electron chi connectivity index (χ2n) is 5.56. The summed E-state index contributed by atoms with van der Waals surface area (Å²) in [5.41, 5.74) is 0.970. The van der Waals surface area contributed by atoms with E-state index in [2.05, 4.69) is 0 Å². The molecule has 0 unspecified atom stereocenters. The Morgan fingerprint density at radius 2 is 2.18 bits per heavy atom. The van der Waals surface area contributed by atoms with Crippen molar-refractivity contribution in [2.24, 2.45) is 5.92 Å². The Hall–Kier alpha value is -1.79. The molecule has 2 rings (SSSR count). The molecule has 1 aliphatic heterocycles. The summed E-state index contributed by atoms with van der Waals surface area (Å²) in [7, 11) is 0. The molecule has 3 atom stereocenters. The summed E-state index contributed by atoms with van der Waals surface area (Å²) in [6.45, 7) is 3.05. The summed E-state index contributed by atoms with van der Waals surface area (Å²) in [6.07, 6.45) is 3.15. The van der Waals surface area contributed by atoms with E-state index in [-0.39, 0.29) is 17.9 Å². The van der Waals surface area contributed by atoms with Gasteiger partial charge in [-0.25, -0.2) is 0 Å². The maximum Gasteiger partial charge on any atom is 0.269 e. The second kappa shape index (κ2) is 8.00. The largest absolute Gasteiger partial charge is 0.375 e. The van der Waals surface area contributed by atoms with Crippen LogP contribution >= 0.6 is 0 Å². The minimum Gasteiger partial charge on any atom is -0.375 e. The van der Waals surface area contributed by atoms with Gasteiger partial charge in [0.2, 0.25) is 0 Å². The third kappa shape index (κ3) is 4.35. The molecule has 0 bridgehead atoms. The summed E-state index contributed by atoms with van der Waals surface area (Å²) < 4.78 is 11.6. The molecule has 0 N–H and O–H groups in total. The fourth-order valence-corrected chi connectivity index (χ4v) is 2.69. The zero-order chi connectivity index (χ0) is 15.9. The molecular weight excluding hydrogens is 286 g/mol. The Bertz CT molecular complexity index is 502. The third-order valence-electron chi connectivity index (χ3n) is 3.97. The predicted molar refractivity (Wildman–Crippen MR) is 80.5 cm³/mol. The van der Waals surface area contributed by atoms with Crippen molar-refractivity contribution in [3.63, 3.8) is 0 Å². The number of ether oxygens (including phenoxy) is 2. The molecule has 0 saturated carbocycles. The highest BCUT2D eigenvalue weighted by atomic mass is 16.6. The van der Waals surface area contributed by atoms with Crippen LogP contribution in [0, 0.1) is 16.0 Å². The average Bonchev–Trinajstić information content (AvgIpc) is 2.97. The second-order valence-corrected chi connectivity index (χ2v) is 5.56. The SMILES string of the molecule is CC[C@H](OCc1ccc([N+](=O)[O-])cc1)[C@H]1C[C@H](CC=O)CO1. The summed E-state index contributed by atoms with van der Waals surface area (Å²) in [4.78, 5) is 20.8. The van der Waals surface area contributed by atoms with Gasteiger partial charge in [-0.2, -0.15) is 0 Å². The molecule has 1 saturated heterocycles. The van der Waals surface area contributed by atoms with Gasteiger partial charge in [0.15, 0.2) is 0 Å². The van der Waals surface area contributed by atoms with Crippen LogP contribution in [-0.2, 0) is 20.9 Å². The Balaban J connectivity index is 1.85. The molecule has 1 aliphatic rings. The minimum absolute atomic E-state index is 0.0213. The number of carbonyl (C=O) groups is 1. The number of nitro groups is 1. The van der Waals surface area contributed by atoms with Crippen LogP contribution in [0.2, 0.25) is 0 Å². The van der Waals surface area contributed by atoms with Crippen LogP contribution in [0.25, 0.3) is 0 Å². The summed E-state index contributed by atoms with van der Waals surface area (Å²) in [5, 5.41) is 10.6. The van der Waals surface area contributed by atoms with Gasteiger partial charge in [0.05, 0.1) is 30.3 Å². The van der Waals surface area contributed by atoms with E-state index in [1.165, 1.54) is 12.1 Å². The average molecular weight is 307 g/mol. The molecule has 1 aromatic carbocycles. The van der Waals surface area contributed by atoms with Gasteiger partial charge in [0.25, 0.3) is 5.69 Å². The van der Waals surface area contributed by atoms with Crippen LogP contribution in [0.3, 0.4) is 0 Å². The summed E-state index contributed by atoms with van der Waals surface area (Å²) in [5.74, 6) is 0.291. The maximum absolute atomic E-state index is 10.6. The zero-order valence-electron chi connectivity index (χ0n) is 12.6. The molecule has 0 aliphatic carbocycles. The smallest absolute Gasteiger partial charge is 0.269 e. The van der Waals surface area contributed by atoms with Gasteiger partial charge in [-0.05, 0) is 36.5 Å². The number of hydrogen-bond donors (Lipinski definition) is 0. The van der Waals surface area contributed by atoms with Crippen LogP contribution in [0.5, 0.6) is 0 Å². The fourth-order valence-electron chi connectivity index (χ4n) is 2.69. The van der Waals surface area contributed by atoms with Gasteiger partial charge < -0.3 is 14.3 Å². The summed E-state index contributed by atoms with van der Waals surface area (Å²) >= 11 is 0. The van der Waals surface area contributed by atoms with Gasteiger partial charge >= 0.3 is 0 Å². The molecule has 0 spiro atoms. The van der Waals surface area contributed by atoms with E-state index >= 15 is 0 Å². The minimum atomic E-state index is -0.418. The zero-order valence-corrected chi connectivity index (χ0v) is 12.6. The Labute approximate surface area is 129 Å². The molecular formula is C16H21NO5. The molecule has 6 nitrogen and oxygen atoms in total. The first-order chi connectivity index (χ1) is 10.6. The number of nitro benzene ring substituents is 1. The van der Waals surface area contributed by atoms with Crippen LogP contribution in [-0.4, -0.2) is 30.0 Å². The van der Waals surface area contributed by atoms with Gasteiger partial charge in [-0.1, -0.05) is 6.92 Å². The number of aldehydes is 1. The number of rotatable bonds is 8. The quantitative estimate of drug-likeness (QED) is 0.419. The number of carbonyl (C=O) groups excluding carboxylic acids is 1. The number of benzene rings is 1. The van der Waals surface area contributed by atoms with Gasteiger partial charge in [-0.15, -0.1) is 0 Å². The maximum atomic E-state index is 10.6. The Morgan fingerprint density at radius 1 is 1.45 bits per heavy atom. The fraction of sp³-hybridized carbons (Fsp3) is 0.562. The topological polar surface area (TPSA) is 78.7 Å². The number of nitrogens with zero attached hydrogens (tertiary/aromatic N) is 1. The van der Waals surface area contributed by atoms with Crippen molar-refractivity contribution in [1.29, 1.82) is 0 Å². The highest BCUT2D eigenvalue weighted by Gasteiger charge is 2.31. The van der Waals surface area contributed by atoms with E-state index in [4.69, 9.17) is 9.47 Å². The lowest BCUT2D eigenvalue weighted by atomic mass is 9.99. The van der Waals surface area contributed by atoms with Crippen LogP contribution < -0.4 is 0 Å². The van der Waals surface area contributed by atoms with Gasteiger partial charge in [0, 0.05) is 18.6 Å². The lowest BCUT2D eigenvalue weighted by Gasteiger charge is -2.22. The Kier molecular flexibility index (Phi) is 6.03. The van der Waals surface area contributed by atoms with Gasteiger partial charge in [0.1, 0.15) is 6.29 Å². The molecule has 1 heterocycles. The van der Waals surface area contributed by atoms with Crippen LogP contribution in [0.4, 0.5) is 5.69 Å². The molecule has 1 fully saturated rings. The molecule has 0 aromatic heterocycles. The molecule has 0 amide bonds. The molecule has 0 radical (unpaired) electrons. The first-order valence-electron chi connectivity index (χ1n) is 7.54. The van der Waals surface area contributed by atoms with Crippen molar-refractivity contribution >= 4 is 12.0 Å². The monoisotopic (exact) mass is 307 g/mol. The number of non-ortho nitro benzene ring substituents is 1. The van der Waals surface area contributed by atoms with E-state index in [0.717, 1.165) is 24.7 Å². The lowest BCUT2D eigenvalue weighted by Crippen LogP contribution is -2.28. The van der Waals surface area contributed by atoms with Gasteiger partial charge in [-0.3, -0.25) is 10.1 Å². The van der Waals surface area contributed by atoms with Crippen molar-refractivity contribution in [2.45, 2.75) is 45.0 Å². The normalized spacial score (nSPS) is 22.4. The first-order valence-corrected chi connectivity index (χ1v) is 7.54. The van der Waals surface area contributed by atoms with Crippen molar-refractivity contribution in [2.75, 3.05) is 6.61 Å². The third-order valence-corrected chi connectivity index (χ3v) is 3.97. The lowest BCUT2D eigenvalue weighted by molar-refractivity contribution is -0.384. The van der Waals surface area contributed by atoms with Crippen molar-refractivity contribution in [3.05, 3.63) is 39.9 Å². The molecule has 6 heteroatoms. The van der Waals surface area contributed by atoms with Crippen molar-refractivity contribution < 1.29 is 19.2 Å². The Morgan fingerprint density at radius 3 is 2.77 bits per heavy atom. The highest BCUT2D eigenvalue weighted by molar-refractivity contribution is 5.49. The van der Waals surface area contributed by atoms with E-state index in [1.807, 2.05) is 6.92 Å². The van der Waals surface area contributed by atoms with Crippen molar-refractivity contribution in [3.8, 4) is 0 Å².